The standard InChI is InChI=1S/C9H19NO2/c1-3-5-7-10(6-4-2)8-9(11)12/h3-8H2,1-2H3,(H,11,12). The first kappa shape index (κ1) is 11.4. The van der Waals surface area contributed by atoms with E-state index in [0.29, 0.717) is 0 Å². The smallest absolute Gasteiger partial charge is 0.317 e. The lowest BCUT2D eigenvalue weighted by molar-refractivity contribution is -0.138. The molecule has 0 saturated heterocycles. The van der Waals surface area contributed by atoms with Gasteiger partial charge in [-0.2, -0.15) is 0 Å². The highest BCUT2D eigenvalue weighted by Crippen LogP contribution is 1.96. The van der Waals surface area contributed by atoms with Gasteiger partial charge in [0.15, 0.2) is 0 Å². The molecule has 0 radical (unpaired) electrons. The van der Waals surface area contributed by atoms with Gasteiger partial charge in [0.2, 0.25) is 0 Å². The molecule has 0 aliphatic carbocycles. The Bertz CT molecular complexity index is 126. The van der Waals surface area contributed by atoms with Gasteiger partial charge >= 0.3 is 5.97 Å². The van der Waals surface area contributed by atoms with Crippen LogP contribution >= 0.6 is 0 Å². The monoisotopic (exact) mass is 173 g/mol. The molecule has 0 fully saturated rings. The van der Waals surface area contributed by atoms with E-state index in [0.717, 1.165) is 32.4 Å². The summed E-state index contributed by atoms with van der Waals surface area (Å²) in [5, 5.41) is 8.57. The molecule has 0 aromatic rings. The van der Waals surface area contributed by atoms with Gasteiger partial charge in [-0.15, -0.1) is 0 Å². The van der Waals surface area contributed by atoms with Crippen LogP contribution in [-0.4, -0.2) is 35.6 Å². The minimum Gasteiger partial charge on any atom is -0.480 e. The van der Waals surface area contributed by atoms with Gasteiger partial charge < -0.3 is 5.11 Å². The third kappa shape index (κ3) is 6.16. The van der Waals surface area contributed by atoms with Crippen LogP contribution in [0, 0.1) is 0 Å². The van der Waals surface area contributed by atoms with Gasteiger partial charge in [0, 0.05) is 0 Å². The molecule has 0 heterocycles. The Morgan fingerprint density at radius 2 is 1.92 bits per heavy atom. The van der Waals surface area contributed by atoms with Crippen molar-refractivity contribution in [3.8, 4) is 0 Å². The molecule has 0 spiro atoms. The van der Waals surface area contributed by atoms with E-state index in [2.05, 4.69) is 13.8 Å². The fourth-order valence-corrected chi connectivity index (χ4v) is 1.16. The van der Waals surface area contributed by atoms with E-state index < -0.39 is 5.97 Å². The molecule has 3 heteroatoms. The average Bonchev–Trinajstić information content (AvgIpc) is 2.00. The predicted octanol–water partition coefficient (Wildman–Crippen LogP) is 1.58. The van der Waals surface area contributed by atoms with Crippen molar-refractivity contribution in [2.24, 2.45) is 0 Å². The maximum absolute atomic E-state index is 10.4. The molecule has 0 aromatic carbocycles. The molecule has 0 rings (SSSR count). The zero-order valence-electron chi connectivity index (χ0n) is 8.05. The highest BCUT2D eigenvalue weighted by atomic mass is 16.4. The van der Waals surface area contributed by atoms with Crippen LogP contribution in [0.1, 0.15) is 33.1 Å². The van der Waals surface area contributed by atoms with Gasteiger partial charge in [-0.1, -0.05) is 20.3 Å². The van der Waals surface area contributed by atoms with Crippen LogP contribution in [0.2, 0.25) is 0 Å². The molecular weight excluding hydrogens is 154 g/mol. The molecule has 0 saturated carbocycles. The van der Waals surface area contributed by atoms with Gasteiger partial charge in [0.1, 0.15) is 0 Å². The molecule has 12 heavy (non-hydrogen) atoms. The molecule has 3 nitrogen and oxygen atoms in total. The summed E-state index contributed by atoms with van der Waals surface area (Å²) in [5.41, 5.74) is 0. The number of carbonyl (C=O) groups is 1. The third-order valence-corrected chi connectivity index (χ3v) is 1.73. The summed E-state index contributed by atoms with van der Waals surface area (Å²) < 4.78 is 0. The summed E-state index contributed by atoms with van der Waals surface area (Å²) in [6, 6.07) is 0. The number of nitrogens with zero attached hydrogens (tertiary/aromatic N) is 1. The fraction of sp³-hybridized carbons (Fsp3) is 0.889. The zero-order chi connectivity index (χ0) is 9.40. The Labute approximate surface area is 74.4 Å². The van der Waals surface area contributed by atoms with Crippen LogP contribution in [-0.2, 0) is 4.79 Å². The number of hydrogen-bond donors (Lipinski definition) is 1. The summed E-state index contributed by atoms with van der Waals surface area (Å²) in [6.45, 7) is 6.18. The first-order valence-electron chi connectivity index (χ1n) is 4.64. The second kappa shape index (κ2) is 7.10. The molecule has 0 bridgehead atoms. The summed E-state index contributed by atoms with van der Waals surface area (Å²) >= 11 is 0. The largest absolute Gasteiger partial charge is 0.480 e. The summed E-state index contributed by atoms with van der Waals surface area (Å²) in [5.74, 6) is -0.723. The van der Waals surface area contributed by atoms with Crippen molar-refractivity contribution in [1.82, 2.24) is 4.90 Å². The zero-order valence-corrected chi connectivity index (χ0v) is 8.05. The lowest BCUT2D eigenvalue weighted by Crippen LogP contribution is -2.31. The molecule has 72 valence electrons. The van der Waals surface area contributed by atoms with E-state index in [1.165, 1.54) is 0 Å². The Morgan fingerprint density at radius 1 is 1.25 bits per heavy atom. The van der Waals surface area contributed by atoms with Crippen molar-refractivity contribution < 1.29 is 9.90 Å². The maximum Gasteiger partial charge on any atom is 0.317 e. The Hall–Kier alpha value is -0.570. The molecule has 0 aliphatic rings. The van der Waals surface area contributed by atoms with Crippen molar-refractivity contribution in [2.45, 2.75) is 33.1 Å². The lowest BCUT2D eigenvalue weighted by Gasteiger charge is -2.18. The second-order valence-electron chi connectivity index (χ2n) is 3.02. The topological polar surface area (TPSA) is 40.5 Å². The van der Waals surface area contributed by atoms with Crippen molar-refractivity contribution in [3.05, 3.63) is 0 Å². The molecule has 0 amide bonds. The van der Waals surface area contributed by atoms with Crippen molar-refractivity contribution in [3.63, 3.8) is 0 Å². The van der Waals surface area contributed by atoms with E-state index in [1.54, 1.807) is 0 Å². The highest BCUT2D eigenvalue weighted by molar-refractivity contribution is 5.69. The number of carboxylic acids is 1. The molecule has 0 aliphatic heterocycles. The van der Waals surface area contributed by atoms with Crippen molar-refractivity contribution >= 4 is 5.97 Å². The van der Waals surface area contributed by atoms with Crippen LogP contribution in [0.15, 0.2) is 0 Å². The average molecular weight is 173 g/mol. The minimum atomic E-state index is -0.723. The minimum absolute atomic E-state index is 0.188. The van der Waals surface area contributed by atoms with E-state index >= 15 is 0 Å². The highest BCUT2D eigenvalue weighted by Gasteiger charge is 2.06. The quantitative estimate of drug-likeness (QED) is 0.635. The normalized spacial score (nSPS) is 10.6. The number of unbranched alkanes of at least 4 members (excludes halogenated alkanes) is 1. The Kier molecular flexibility index (Phi) is 6.76. The molecule has 0 atom stereocenters. The van der Waals surface area contributed by atoms with Crippen LogP contribution in [0.5, 0.6) is 0 Å². The van der Waals surface area contributed by atoms with Gasteiger partial charge in [0.25, 0.3) is 0 Å². The van der Waals surface area contributed by atoms with Crippen LogP contribution < -0.4 is 0 Å². The van der Waals surface area contributed by atoms with Crippen LogP contribution in [0.4, 0.5) is 0 Å². The summed E-state index contributed by atoms with van der Waals surface area (Å²) in [7, 11) is 0. The van der Waals surface area contributed by atoms with E-state index in [9.17, 15) is 4.79 Å². The second-order valence-corrected chi connectivity index (χ2v) is 3.02. The van der Waals surface area contributed by atoms with Crippen molar-refractivity contribution in [2.75, 3.05) is 19.6 Å². The van der Waals surface area contributed by atoms with E-state index in [4.69, 9.17) is 5.11 Å². The van der Waals surface area contributed by atoms with Crippen LogP contribution in [0.25, 0.3) is 0 Å². The summed E-state index contributed by atoms with van der Waals surface area (Å²) in [4.78, 5) is 12.4. The number of carboxylic acid groups (broad SMARTS) is 1. The first-order valence-corrected chi connectivity index (χ1v) is 4.64. The van der Waals surface area contributed by atoms with Gasteiger partial charge in [-0.25, -0.2) is 0 Å². The summed E-state index contributed by atoms with van der Waals surface area (Å²) in [6.07, 6.45) is 3.24. The van der Waals surface area contributed by atoms with E-state index in [-0.39, 0.29) is 6.54 Å². The predicted molar refractivity (Wildman–Crippen MR) is 49.3 cm³/mol. The SMILES string of the molecule is CCCCN(CCC)CC(=O)O. The number of rotatable bonds is 7. The van der Waals surface area contributed by atoms with Crippen molar-refractivity contribution in [1.29, 1.82) is 0 Å². The molecule has 1 N–H and O–H groups in total. The fourth-order valence-electron chi connectivity index (χ4n) is 1.16. The number of hydrogen-bond acceptors (Lipinski definition) is 2. The van der Waals surface area contributed by atoms with Crippen LogP contribution in [0.3, 0.4) is 0 Å². The molecule has 0 unspecified atom stereocenters. The number of aliphatic carboxylic acids is 1. The van der Waals surface area contributed by atoms with Gasteiger partial charge in [0.05, 0.1) is 6.54 Å². The van der Waals surface area contributed by atoms with Gasteiger partial charge in [-0.3, -0.25) is 9.69 Å². The molecule has 0 aromatic heterocycles. The Balaban J connectivity index is 3.61. The Morgan fingerprint density at radius 3 is 2.33 bits per heavy atom. The molecular formula is C9H19NO2. The van der Waals surface area contributed by atoms with Gasteiger partial charge in [-0.05, 0) is 25.9 Å². The first-order chi connectivity index (χ1) is 5.70. The maximum atomic E-state index is 10.4. The lowest BCUT2D eigenvalue weighted by atomic mass is 10.3. The van der Waals surface area contributed by atoms with E-state index in [1.807, 2.05) is 4.90 Å². The third-order valence-electron chi connectivity index (χ3n) is 1.73.